The fourth-order valence-corrected chi connectivity index (χ4v) is 2.77. The minimum absolute atomic E-state index is 0.255. The van der Waals surface area contributed by atoms with Crippen LogP contribution in [0.2, 0.25) is 0 Å². The number of carbonyl (C=O) groups is 1. The summed E-state index contributed by atoms with van der Waals surface area (Å²) >= 11 is 3.33. The number of alkyl halides is 3. The van der Waals surface area contributed by atoms with E-state index >= 15 is 0 Å². The third kappa shape index (κ3) is 5.82. The highest BCUT2D eigenvalue weighted by Crippen LogP contribution is 2.30. The Morgan fingerprint density at radius 3 is 2.64 bits per heavy atom. The first-order valence-corrected chi connectivity index (χ1v) is 9.29. The molecule has 2 rings (SSSR count). The van der Waals surface area contributed by atoms with E-state index in [2.05, 4.69) is 20.9 Å². The summed E-state index contributed by atoms with van der Waals surface area (Å²) in [5, 5.41) is 0. The van der Waals surface area contributed by atoms with Crippen molar-refractivity contribution < 1.29 is 22.7 Å². The van der Waals surface area contributed by atoms with E-state index in [4.69, 9.17) is 4.74 Å². The van der Waals surface area contributed by atoms with Crippen molar-refractivity contribution in [1.82, 2.24) is 4.90 Å². The van der Waals surface area contributed by atoms with Gasteiger partial charge >= 0.3 is 12.1 Å². The number of hydrogen-bond donors (Lipinski definition) is 0. The van der Waals surface area contributed by atoms with Crippen LogP contribution in [0.3, 0.4) is 0 Å². The summed E-state index contributed by atoms with van der Waals surface area (Å²) < 4.78 is 44.0. The van der Waals surface area contributed by atoms with Gasteiger partial charge in [0.15, 0.2) is 0 Å². The lowest BCUT2D eigenvalue weighted by Gasteiger charge is -2.12. The largest absolute Gasteiger partial charge is 0.457 e. The normalized spacial score (nSPS) is 11.7. The summed E-state index contributed by atoms with van der Waals surface area (Å²) in [6.45, 7) is 4.37. The molecule has 0 fully saturated rings. The van der Waals surface area contributed by atoms with E-state index < -0.39 is 17.7 Å². The van der Waals surface area contributed by atoms with Gasteiger partial charge in [0.2, 0.25) is 0 Å². The first-order valence-electron chi connectivity index (χ1n) is 8.49. The highest BCUT2D eigenvalue weighted by molar-refractivity contribution is 9.10. The zero-order valence-electron chi connectivity index (χ0n) is 15.7. The van der Waals surface area contributed by atoms with Crippen molar-refractivity contribution in [2.75, 3.05) is 13.6 Å². The Labute approximate surface area is 170 Å². The molecule has 0 heterocycles. The summed E-state index contributed by atoms with van der Waals surface area (Å²) in [5.41, 5.74) is 1.24. The second kappa shape index (κ2) is 9.23. The van der Waals surface area contributed by atoms with E-state index in [1.807, 2.05) is 25.8 Å². The second-order valence-electron chi connectivity index (χ2n) is 6.21. The molecule has 4 nitrogen and oxygen atoms in total. The number of carbonyl (C=O) groups excluding carboxylic acids is 1. The van der Waals surface area contributed by atoms with Gasteiger partial charge in [-0.25, -0.2) is 9.79 Å². The number of ether oxygens (including phenoxy) is 1. The van der Waals surface area contributed by atoms with Gasteiger partial charge < -0.3 is 9.64 Å². The summed E-state index contributed by atoms with van der Waals surface area (Å²) in [7, 11) is 1.90. The van der Waals surface area contributed by atoms with Crippen LogP contribution in [-0.4, -0.2) is 30.8 Å². The van der Waals surface area contributed by atoms with E-state index in [1.54, 1.807) is 18.5 Å². The van der Waals surface area contributed by atoms with Crippen molar-refractivity contribution in [1.29, 1.82) is 0 Å². The molecule has 2 aromatic rings. The highest BCUT2D eigenvalue weighted by atomic mass is 79.9. The van der Waals surface area contributed by atoms with Gasteiger partial charge in [0.1, 0.15) is 6.61 Å². The maximum atomic E-state index is 12.8. The van der Waals surface area contributed by atoms with Crippen LogP contribution in [0.15, 0.2) is 45.9 Å². The van der Waals surface area contributed by atoms with Crippen molar-refractivity contribution in [2.45, 2.75) is 26.6 Å². The summed E-state index contributed by atoms with van der Waals surface area (Å²) in [5.74, 6) is -0.631. The van der Waals surface area contributed by atoms with Gasteiger partial charge in [-0.2, -0.15) is 13.2 Å². The fraction of sp³-hybridized carbons (Fsp3) is 0.300. The monoisotopic (exact) mass is 456 g/mol. The lowest BCUT2D eigenvalue weighted by atomic mass is 10.1. The number of rotatable bonds is 6. The fourth-order valence-electron chi connectivity index (χ4n) is 2.27. The van der Waals surface area contributed by atoms with Gasteiger partial charge in [-0.15, -0.1) is 0 Å². The topological polar surface area (TPSA) is 41.9 Å². The maximum Gasteiger partial charge on any atom is 0.416 e. The van der Waals surface area contributed by atoms with Crippen LogP contribution in [-0.2, 0) is 17.5 Å². The van der Waals surface area contributed by atoms with Gasteiger partial charge in [-0.3, -0.25) is 0 Å². The van der Waals surface area contributed by atoms with Crippen LogP contribution >= 0.6 is 15.9 Å². The number of esters is 1. The van der Waals surface area contributed by atoms with E-state index in [-0.39, 0.29) is 17.7 Å². The van der Waals surface area contributed by atoms with Crippen LogP contribution < -0.4 is 0 Å². The van der Waals surface area contributed by atoms with Gasteiger partial charge in [-0.05, 0) is 65.2 Å². The molecular weight excluding hydrogens is 437 g/mol. The summed E-state index contributed by atoms with van der Waals surface area (Å²) in [4.78, 5) is 18.7. The lowest BCUT2D eigenvalue weighted by Crippen LogP contribution is -2.14. The Morgan fingerprint density at radius 2 is 2.00 bits per heavy atom. The van der Waals surface area contributed by atoms with Crippen molar-refractivity contribution in [3.63, 3.8) is 0 Å². The van der Waals surface area contributed by atoms with Gasteiger partial charge in [-0.1, -0.05) is 12.1 Å². The number of halogens is 4. The number of aryl methyl sites for hydroxylation is 1. The molecule has 0 atom stereocenters. The van der Waals surface area contributed by atoms with Crippen LogP contribution in [0.25, 0.3) is 0 Å². The lowest BCUT2D eigenvalue weighted by molar-refractivity contribution is -0.137. The smallest absolute Gasteiger partial charge is 0.416 e. The van der Waals surface area contributed by atoms with Crippen molar-refractivity contribution in [2.24, 2.45) is 4.99 Å². The third-order valence-electron chi connectivity index (χ3n) is 4.02. The Balaban J connectivity index is 2.13. The molecule has 0 aliphatic rings. The van der Waals surface area contributed by atoms with Gasteiger partial charge in [0.25, 0.3) is 0 Å². The quantitative estimate of drug-likeness (QED) is 0.316. The molecule has 0 N–H and O–H groups in total. The first-order chi connectivity index (χ1) is 13.1. The van der Waals surface area contributed by atoms with Gasteiger partial charge in [0.05, 0.1) is 23.2 Å². The molecule has 0 bridgehead atoms. The van der Waals surface area contributed by atoms with E-state index in [0.717, 1.165) is 24.2 Å². The first kappa shape index (κ1) is 21.9. The Bertz CT molecular complexity index is 882. The average Bonchev–Trinajstić information content (AvgIpc) is 2.65. The van der Waals surface area contributed by atoms with Crippen LogP contribution in [0.4, 0.5) is 18.9 Å². The molecule has 2 aromatic carbocycles. The third-order valence-corrected chi connectivity index (χ3v) is 4.68. The Kier molecular flexibility index (Phi) is 7.23. The van der Waals surface area contributed by atoms with Crippen molar-refractivity contribution in [3.05, 3.63) is 63.1 Å². The van der Waals surface area contributed by atoms with Crippen LogP contribution in [0, 0.1) is 6.92 Å². The molecular formula is C20H20BrF3N2O2. The van der Waals surface area contributed by atoms with Crippen LogP contribution in [0.1, 0.15) is 34.0 Å². The number of hydrogen-bond acceptors (Lipinski definition) is 3. The maximum absolute atomic E-state index is 12.8. The molecule has 8 heteroatoms. The molecule has 0 saturated carbocycles. The predicted molar refractivity (Wildman–Crippen MR) is 106 cm³/mol. The molecule has 0 saturated heterocycles. The summed E-state index contributed by atoms with van der Waals surface area (Å²) in [6, 6.07) is 8.04. The van der Waals surface area contributed by atoms with E-state index in [1.165, 1.54) is 12.1 Å². The molecule has 0 aliphatic heterocycles. The Morgan fingerprint density at radius 1 is 1.29 bits per heavy atom. The molecule has 0 radical (unpaired) electrons. The molecule has 0 aliphatic carbocycles. The molecule has 0 aromatic heterocycles. The minimum Gasteiger partial charge on any atom is -0.457 e. The zero-order chi connectivity index (χ0) is 20.9. The average molecular weight is 457 g/mol. The number of benzene rings is 2. The van der Waals surface area contributed by atoms with Crippen molar-refractivity contribution >= 4 is 33.9 Å². The van der Waals surface area contributed by atoms with E-state index in [0.29, 0.717) is 10.2 Å². The molecule has 150 valence electrons. The van der Waals surface area contributed by atoms with E-state index in [9.17, 15) is 18.0 Å². The summed E-state index contributed by atoms with van der Waals surface area (Å²) in [6.07, 6.45) is -2.75. The predicted octanol–water partition coefficient (Wildman–Crippen LogP) is 5.74. The minimum atomic E-state index is -4.44. The molecule has 28 heavy (non-hydrogen) atoms. The molecule has 0 unspecified atom stereocenters. The highest BCUT2D eigenvalue weighted by Gasteiger charge is 2.30. The van der Waals surface area contributed by atoms with Crippen LogP contribution in [0.5, 0.6) is 0 Å². The zero-order valence-corrected chi connectivity index (χ0v) is 17.3. The standard InChI is InChI=1S/C20H20BrF3N2O2/c1-4-26(3)12-25-18-10-17(21)16(8-13(18)2)19(27)28-11-14-6-5-7-15(9-14)20(22,23)24/h5-10,12H,4,11H2,1-3H3/b25-12+. The number of nitrogens with zero attached hydrogens (tertiary/aromatic N) is 2. The SMILES string of the molecule is CCN(C)/C=N/c1cc(Br)c(C(=O)OCc2cccc(C(F)(F)F)c2)cc1C. The van der Waals surface area contributed by atoms with Crippen molar-refractivity contribution in [3.8, 4) is 0 Å². The molecule has 0 spiro atoms. The Hall–Kier alpha value is -2.35. The molecule has 0 amide bonds. The van der Waals surface area contributed by atoms with Gasteiger partial charge in [0, 0.05) is 18.1 Å². The second-order valence-corrected chi connectivity index (χ2v) is 7.06. The number of aliphatic imine (C=N–C) groups is 1.